The minimum Gasteiger partial charge on any atom is -0.316 e. The Labute approximate surface area is 85.3 Å². The summed E-state index contributed by atoms with van der Waals surface area (Å²) in [6.45, 7) is 6.44. The molecule has 78 valence electrons. The van der Waals surface area contributed by atoms with Crippen LogP contribution in [0.15, 0.2) is 24.3 Å². The van der Waals surface area contributed by atoms with Gasteiger partial charge in [-0.3, -0.25) is 0 Å². The van der Waals surface area contributed by atoms with E-state index in [0.29, 0.717) is 6.04 Å². The molecule has 0 spiro atoms. The smallest absolute Gasteiger partial charge is 0.123 e. The predicted octanol–water partition coefficient (Wildman–Crippen LogP) is 2.71. The fourth-order valence-electron chi connectivity index (χ4n) is 1.49. The van der Waals surface area contributed by atoms with Gasteiger partial charge in [0.2, 0.25) is 0 Å². The molecule has 1 rings (SSSR count). The zero-order valence-electron chi connectivity index (χ0n) is 9.26. The summed E-state index contributed by atoms with van der Waals surface area (Å²) in [4.78, 5) is 0. The Morgan fingerprint density at radius 1 is 1.21 bits per heavy atom. The van der Waals surface area contributed by atoms with E-state index in [0.717, 1.165) is 5.56 Å². The molecule has 0 heterocycles. The van der Waals surface area contributed by atoms with E-state index in [-0.39, 0.29) is 11.2 Å². The number of likely N-dealkylation sites (N-methyl/N-ethyl adjacent to an activating group) is 1. The topological polar surface area (TPSA) is 12.0 Å². The summed E-state index contributed by atoms with van der Waals surface area (Å²) in [7, 11) is 1.94. The molecule has 0 saturated heterocycles. The SMILES string of the molecule is CNC(C)C(C)(C)c1ccc(F)cc1. The summed E-state index contributed by atoms with van der Waals surface area (Å²) < 4.78 is 12.7. The zero-order chi connectivity index (χ0) is 10.8. The lowest BCUT2D eigenvalue weighted by Crippen LogP contribution is -2.40. The van der Waals surface area contributed by atoms with Crippen molar-refractivity contribution in [1.29, 1.82) is 0 Å². The van der Waals surface area contributed by atoms with Crippen molar-refractivity contribution in [2.45, 2.75) is 32.2 Å². The van der Waals surface area contributed by atoms with E-state index >= 15 is 0 Å². The maximum absolute atomic E-state index is 12.7. The third kappa shape index (κ3) is 2.13. The lowest BCUT2D eigenvalue weighted by molar-refractivity contribution is 0.383. The first-order chi connectivity index (χ1) is 6.48. The van der Waals surface area contributed by atoms with Gasteiger partial charge in [-0.1, -0.05) is 26.0 Å². The van der Waals surface area contributed by atoms with E-state index < -0.39 is 0 Å². The van der Waals surface area contributed by atoms with Crippen LogP contribution in [-0.2, 0) is 5.41 Å². The molecule has 0 amide bonds. The Kier molecular flexibility index (Phi) is 3.27. The second-order valence-corrected chi connectivity index (χ2v) is 4.24. The summed E-state index contributed by atoms with van der Waals surface area (Å²) in [5.74, 6) is -0.179. The molecule has 0 bridgehead atoms. The van der Waals surface area contributed by atoms with Gasteiger partial charge in [-0.2, -0.15) is 0 Å². The van der Waals surface area contributed by atoms with E-state index in [2.05, 4.69) is 26.1 Å². The Morgan fingerprint density at radius 2 is 1.71 bits per heavy atom. The van der Waals surface area contributed by atoms with Crippen molar-refractivity contribution in [2.75, 3.05) is 7.05 Å². The maximum atomic E-state index is 12.7. The number of benzene rings is 1. The fraction of sp³-hybridized carbons (Fsp3) is 0.500. The molecule has 0 aromatic heterocycles. The third-order valence-corrected chi connectivity index (χ3v) is 3.10. The van der Waals surface area contributed by atoms with Crippen molar-refractivity contribution in [2.24, 2.45) is 0 Å². The lowest BCUT2D eigenvalue weighted by Gasteiger charge is -2.32. The highest BCUT2D eigenvalue weighted by Crippen LogP contribution is 2.26. The number of hydrogen-bond acceptors (Lipinski definition) is 1. The van der Waals surface area contributed by atoms with Gasteiger partial charge in [-0.15, -0.1) is 0 Å². The van der Waals surface area contributed by atoms with Crippen LogP contribution in [0.1, 0.15) is 26.3 Å². The minimum atomic E-state index is -0.179. The van der Waals surface area contributed by atoms with Crippen LogP contribution in [0.2, 0.25) is 0 Å². The van der Waals surface area contributed by atoms with Gasteiger partial charge >= 0.3 is 0 Å². The number of rotatable bonds is 3. The molecule has 1 N–H and O–H groups in total. The second-order valence-electron chi connectivity index (χ2n) is 4.24. The molecule has 0 radical (unpaired) electrons. The molecule has 1 nitrogen and oxygen atoms in total. The van der Waals surface area contributed by atoms with Crippen LogP contribution in [-0.4, -0.2) is 13.1 Å². The quantitative estimate of drug-likeness (QED) is 0.782. The van der Waals surface area contributed by atoms with E-state index in [9.17, 15) is 4.39 Å². The monoisotopic (exact) mass is 195 g/mol. The van der Waals surface area contributed by atoms with Crippen molar-refractivity contribution < 1.29 is 4.39 Å². The molecule has 1 aromatic rings. The number of hydrogen-bond donors (Lipinski definition) is 1. The molecule has 14 heavy (non-hydrogen) atoms. The summed E-state index contributed by atoms with van der Waals surface area (Å²) in [6.07, 6.45) is 0. The largest absolute Gasteiger partial charge is 0.316 e. The van der Waals surface area contributed by atoms with E-state index in [1.165, 1.54) is 12.1 Å². The molecule has 1 unspecified atom stereocenters. The van der Waals surface area contributed by atoms with E-state index in [1.54, 1.807) is 0 Å². The first-order valence-corrected chi connectivity index (χ1v) is 4.92. The Bertz CT molecular complexity index is 290. The molecular formula is C12H18FN. The van der Waals surface area contributed by atoms with E-state index in [4.69, 9.17) is 0 Å². The number of halogens is 1. The van der Waals surface area contributed by atoms with Crippen molar-refractivity contribution in [3.05, 3.63) is 35.6 Å². The van der Waals surface area contributed by atoms with Gasteiger partial charge in [0.15, 0.2) is 0 Å². The van der Waals surface area contributed by atoms with Crippen LogP contribution in [0.4, 0.5) is 4.39 Å². The Hall–Kier alpha value is -0.890. The van der Waals surface area contributed by atoms with Crippen molar-refractivity contribution >= 4 is 0 Å². The fourth-order valence-corrected chi connectivity index (χ4v) is 1.49. The van der Waals surface area contributed by atoms with Crippen LogP contribution >= 0.6 is 0 Å². The average Bonchev–Trinajstić information content (AvgIpc) is 2.17. The predicted molar refractivity (Wildman–Crippen MR) is 57.9 cm³/mol. The number of nitrogens with one attached hydrogen (secondary N) is 1. The molecule has 0 aliphatic carbocycles. The van der Waals surface area contributed by atoms with Crippen molar-refractivity contribution in [3.63, 3.8) is 0 Å². The minimum absolute atomic E-state index is 0.0163. The normalized spacial score (nSPS) is 14.1. The highest BCUT2D eigenvalue weighted by Gasteiger charge is 2.26. The van der Waals surface area contributed by atoms with Gasteiger partial charge in [-0.25, -0.2) is 4.39 Å². The molecule has 0 saturated carbocycles. The third-order valence-electron chi connectivity index (χ3n) is 3.10. The molecule has 0 fully saturated rings. The van der Waals surface area contributed by atoms with Gasteiger partial charge in [0, 0.05) is 11.5 Å². The molecule has 0 aliphatic heterocycles. The molecular weight excluding hydrogens is 177 g/mol. The van der Waals surface area contributed by atoms with Crippen LogP contribution in [0.3, 0.4) is 0 Å². The molecule has 0 aliphatic rings. The van der Waals surface area contributed by atoms with Crippen LogP contribution < -0.4 is 5.32 Å². The summed E-state index contributed by atoms with van der Waals surface area (Å²) in [5, 5.41) is 3.22. The van der Waals surface area contributed by atoms with Gasteiger partial charge in [0.1, 0.15) is 5.82 Å². The van der Waals surface area contributed by atoms with Crippen molar-refractivity contribution in [1.82, 2.24) is 5.32 Å². The lowest BCUT2D eigenvalue weighted by atomic mass is 9.78. The maximum Gasteiger partial charge on any atom is 0.123 e. The molecule has 1 atom stereocenters. The molecule has 2 heteroatoms. The summed E-state index contributed by atoms with van der Waals surface area (Å²) in [5.41, 5.74) is 1.17. The zero-order valence-corrected chi connectivity index (χ0v) is 9.26. The van der Waals surface area contributed by atoms with Crippen LogP contribution in [0.25, 0.3) is 0 Å². The highest BCUT2D eigenvalue weighted by atomic mass is 19.1. The first-order valence-electron chi connectivity index (χ1n) is 4.92. The first kappa shape index (κ1) is 11.2. The van der Waals surface area contributed by atoms with Gasteiger partial charge < -0.3 is 5.32 Å². The Morgan fingerprint density at radius 3 is 2.14 bits per heavy atom. The van der Waals surface area contributed by atoms with Crippen LogP contribution in [0.5, 0.6) is 0 Å². The standard InChI is InChI=1S/C12H18FN/c1-9(14-4)12(2,3)10-5-7-11(13)8-6-10/h5-9,14H,1-4H3. The van der Waals surface area contributed by atoms with E-state index in [1.807, 2.05) is 19.2 Å². The van der Waals surface area contributed by atoms with Crippen LogP contribution in [0, 0.1) is 5.82 Å². The average molecular weight is 195 g/mol. The van der Waals surface area contributed by atoms with Gasteiger partial charge in [0.25, 0.3) is 0 Å². The summed E-state index contributed by atoms with van der Waals surface area (Å²) in [6, 6.07) is 7.08. The van der Waals surface area contributed by atoms with Gasteiger partial charge in [0.05, 0.1) is 0 Å². The van der Waals surface area contributed by atoms with Crippen molar-refractivity contribution in [3.8, 4) is 0 Å². The second kappa shape index (κ2) is 4.09. The van der Waals surface area contributed by atoms with Gasteiger partial charge in [-0.05, 0) is 31.7 Å². The molecule has 1 aromatic carbocycles. The highest BCUT2D eigenvalue weighted by molar-refractivity contribution is 5.26. The summed E-state index contributed by atoms with van der Waals surface area (Å²) >= 11 is 0. The Balaban J connectivity index is 2.97.